The Bertz CT molecular complexity index is 394. The lowest BCUT2D eigenvalue weighted by Gasteiger charge is -2.00. The largest absolute Gasteiger partial charge is 0.324 e. The van der Waals surface area contributed by atoms with E-state index in [-0.39, 0.29) is 5.91 Å². The number of halogens is 2. The number of hydrogen-bond acceptors (Lipinski definition) is 2. The summed E-state index contributed by atoms with van der Waals surface area (Å²) in [6.45, 7) is 0. The van der Waals surface area contributed by atoms with Crippen LogP contribution in [0.25, 0.3) is 0 Å². The van der Waals surface area contributed by atoms with Crippen LogP contribution in [0.4, 0.5) is 14.5 Å². The summed E-state index contributed by atoms with van der Waals surface area (Å²) in [7, 11) is 0. The maximum Gasteiger partial charge on any atom is 0.241 e. The quantitative estimate of drug-likeness (QED) is 0.616. The van der Waals surface area contributed by atoms with Gasteiger partial charge in [-0.3, -0.25) is 4.79 Å². The van der Waals surface area contributed by atoms with Crippen LogP contribution in [0.3, 0.4) is 0 Å². The summed E-state index contributed by atoms with van der Waals surface area (Å²) < 4.78 is 25.4. The van der Waals surface area contributed by atoms with Gasteiger partial charge < -0.3 is 5.32 Å². The molecule has 1 unspecified atom stereocenters. The molecule has 0 radical (unpaired) electrons. The Kier molecular flexibility index (Phi) is 1.76. The monoisotopic (exact) mass is 201 g/mol. The number of fused-ring (bicyclic) bond motifs is 1. The Morgan fingerprint density at radius 1 is 1.31 bits per heavy atom. The van der Waals surface area contributed by atoms with E-state index in [1.54, 1.807) is 0 Å². The van der Waals surface area contributed by atoms with Crippen molar-refractivity contribution in [2.75, 3.05) is 5.32 Å². The van der Waals surface area contributed by atoms with Gasteiger partial charge in [0.15, 0.2) is 11.6 Å². The lowest BCUT2D eigenvalue weighted by Crippen LogP contribution is -2.06. The third kappa shape index (κ3) is 1.19. The number of carbonyl (C=O) groups excluding carboxylic acids is 1. The zero-order valence-electron chi connectivity index (χ0n) is 6.34. The van der Waals surface area contributed by atoms with Crippen molar-refractivity contribution in [3.63, 3.8) is 0 Å². The van der Waals surface area contributed by atoms with Crippen molar-refractivity contribution in [3.8, 4) is 0 Å². The van der Waals surface area contributed by atoms with Crippen molar-refractivity contribution in [2.24, 2.45) is 0 Å². The van der Waals surface area contributed by atoms with Crippen molar-refractivity contribution in [1.82, 2.24) is 0 Å². The van der Waals surface area contributed by atoms with Gasteiger partial charge in [-0.1, -0.05) is 0 Å². The van der Waals surface area contributed by atoms with Gasteiger partial charge in [-0.05, 0) is 6.07 Å². The maximum absolute atomic E-state index is 12.7. The second-order valence-electron chi connectivity index (χ2n) is 2.75. The van der Waals surface area contributed by atoms with Crippen LogP contribution in [0.5, 0.6) is 0 Å². The van der Waals surface area contributed by atoms with Crippen molar-refractivity contribution in [3.05, 3.63) is 29.3 Å². The fraction of sp³-hybridized carbons (Fsp3) is 0.125. The van der Waals surface area contributed by atoms with E-state index in [0.717, 1.165) is 12.1 Å². The Balaban J connectivity index is 2.59. The van der Waals surface area contributed by atoms with E-state index in [9.17, 15) is 13.6 Å². The summed E-state index contributed by atoms with van der Waals surface area (Å²) in [6, 6.07) is 1.94. The standard InChI is InChI=1S/C8H5F2NOS/c9-4-1-3-6(2-5(4)10)11-8(12)7(3)13/h1-2,7,13H,(H,11,12). The number of rotatable bonds is 0. The minimum absolute atomic E-state index is 0.295. The summed E-state index contributed by atoms with van der Waals surface area (Å²) in [6.07, 6.45) is 0. The molecule has 1 aromatic carbocycles. The molecular weight excluding hydrogens is 196 g/mol. The lowest BCUT2D eigenvalue weighted by molar-refractivity contribution is -0.115. The molecule has 1 aromatic rings. The van der Waals surface area contributed by atoms with Gasteiger partial charge in [-0.25, -0.2) is 8.78 Å². The first-order chi connectivity index (χ1) is 6.09. The topological polar surface area (TPSA) is 29.1 Å². The number of nitrogens with one attached hydrogen (secondary N) is 1. The van der Waals surface area contributed by atoms with Gasteiger partial charge in [-0.2, -0.15) is 12.6 Å². The summed E-state index contributed by atoms with van der Waals surface area (Å²) >= 11 is 3.95. The Labute approximate surface area is 78.4 Å². The summed E-state index contributed by atoms with van der Waals surface area (Å²) in [5, 5.41) is 1.69. The van der Waals surface area contributed by atoms with Crippen LogP contribution >= 0.6 is 12.6 Å². The van der Waals surface area contributed by atoms with E-state index in [1.165, 1.54) is 0 Å². The molecular formula is C8H5F2NOS. The van der Waals surface area contributed by atoms with Crippen molar-refractivity contribution < 1.29 is 13.6 Å². The molecule has 1 heterocycles. The van der Waals surface area contributed by atoms with Gasteiger partial charge in [0.25, 0.3) is 0 Å². The van der Waals surface area contributed by atoms with Crippen molar-refractivity contribution >= 4 is 24.2 Å². The number of hydrogen-bond donors (Lipinski definition) is 2. The molecule has 1 aliphatic heterocycles. The maximum atomic E-state index is 12.7. The highest BCUT2D eigenvalue weighted by Crippen LogP contribution is 2.35. The Morgan fingerprint density at radius 2 is 1.92 bits per heavy atom. The van der Waals surface area contributed by atoms with Crippen molar-refractivity contribution in [1.29, 1.82) is 0 Å². The van der Waals surface area contributed by atoms with E-state index >= 15 is 0 Å². The smallest absolute Gasteiger partial charge is 0.241 e. The van der Waals surface area contributed by atoms with E-state index in [2.05, 4.69) is 17.9 Å². The van der Waals surface area contributed by atoms with E-state index in [1.807, 2.05) is 0 Å². The molecule has 0 fully saturated rings. The summed E-state index contributed by atoms with van der Waals surface area (Å²) in [5.41, 5.74) is 0.677. The molecule has 1 amide bonds. The Morgan fingerprint density at radius 3 is 2.62 bits per heavy atom. The molecule has 1 N–H and O–H groups in total. The second-order valence-corrected chi connectivity index (χ2v) is 3.26. The van der Waals surface area contributed by atoms with Gasteiger partial charge in [0, 0.05) is 17.3 Å². The molecule has 0 saturated carbocycles. The number of benzene rings is 1. The average molecular weight is 201 g/mol. The molecule has 2 nitrogen and oxygen atoms in total. The van der Waals surface area contributed by atoms with Crippen LogP contribution < -0.4 is 5.32 Å². The third-order valence-corrected chi connectivity index (χ3v) is 2.41. The predicted molar refractivity (Wildman–Crippen MR) is 46.7 cm³/mol. The van der Waals surface area contributed by atoms with Crippen LogP contribution in [0, 0.1) is 11.6 Å². The molecule has 5 heteroatoms. The molecule has 0 spiro atoms. The first-order valence-corrected chi connectivity index (χ1v) is 4.09. The normalized spacial score (nSPS) is 19.9. The Hall–Kier alpha value is -1.10. The molecule has 13 heavy (non-hydrogen) atoms. The fourth-order valence-electron chi connectivity index (χ4n) is 1.24. The highest BCUT2D eigenvalue weighted by molar-refractivity contribution is 7.81. The third-order valence-electron chi connectivity index (χ3n) is 1.89. The van der Waals surface area contributed by atoms with Crippen LogP contribution in [-0.4, -0.2) is 5.91 Å². The molecule has 68 valence electrons. The molecule has 0 bridgehead atoms. The number of carbonyl (C=O) groups is 1. The van der Waals surface area contributed by atoms with Crippen molar-refractivity contribution in [2.45, 2.75) is 5.25 Å². The minimum Gasteiger partial charge on any atom is -0.324 e. The van der Waals surface area contributed by atoms with E-state index < -0.39 is 16.9 Å². The lowest BCUT2D eigenvalue weighted by atomic mass is 10.1. The molecule has 2 rings (SSSR count). The molecule has 0 aliphatic carbocycles. The van der Waals surface area contributed by atoms with Crippen LogP contribution in [0.1, 0.15) is 10.8 Å². The predicted octanol–water partition coefficient (Wildman–Crippen LogP) is 1.89. The van der Waals surface area contributed by atoms with Gasteiger partial charge in [0.2, 0.25) is 5.91 Å². The highest BCUT2D eigenvalue weighted by atomic mass is 32.1. The number of amides is 1. The van der Waals surface area contributed by atoms with E-state index in [4.69, 9.17) is 0 Å². The molecule has 1 atom stereocenters. The first kappa shape index (κ1) is 8.50. The molecule has 1 aliphatic rings. The van der Waals surface area contributed by atoms with Crippen LogP contribution in [0.2, 0.25) is 0 Å². The van der Waals surface area contributed by atoms with Gasteiger partial charge in [0.1, 0.15) is 5.25 Å². The van der Waals surface area contributed by atoms with Crippen LogP contribution in [-0.2, 0) is 4.79 Å². The van der Waals surface area contributed by atoms with Crippen LogP contribution in [0.15, 0.2) is 12.1 Å². The number of thiol groups is 1. The minimum atomic E-state index is -0.971. The number of anilines is 1. The van der Waals surface area contributed by atoms with E-state index in [0.29, 0.717) is 11.3 Å². The molecule has 0 aromatic heterocycles. The zero-order chi connectivity index (χ0) is 9.59. The van der Waals surface area contributed by atoms with Gasteiger partial charge >= 0.3 is 0 Å². The summed E-state index contributed by atoms with van der Waals surface area (Å²) in [4.78, 5) is 11.0. The summed E-state index contributed by atoms with van der Waals surface area (Å²) in [5.74, 6) is -2.29. The first-order valence-electron chi connectivity index (χ1n) is 3.57. The molecule has 0 saturated heterocycles. The van der Waals surface area contributed by atoms with Gasteiger partial charge in [-0.15, -0.1) is 0 Å². The van der Waals surface area contributed by atoms with Gasteiger partial charge in [0.05, 0.1) is 0 Å². The second kappa shape index (κ2) is 2.70. The SMILES string of the molecule is O=C1Nc2cc(F)c(F)cc2C1S. The fourth-order valence-corrected chi connectivity index (χ4v) is 1.52. The average Bonchev–Trinajstić information content (AvgIpc) is 2.32. The highest BCUT2D eigenvalue weighted by Gasteiger charge is 2.28. The zero-order valence-corrected chi connectivity index (χ0v) is 7.24.